The number of hydrogen-bond donors (Lipinski definition) is 3. The van der Waals surface area contributed by atoms with E-state index in [-0.39, 0.29) is 18.9 Å². The molecule has 3 N–H and O–H groups in total. The number of nitrogens with one attached hydrogen (secondary N) is 2. The van der Waals surface area contributed by atoms with Crippen LogP contribution in [0.1, 0.15) is 29.9 Å². The molecule has 0 saturated carbocycles. The fraction of sp³-hybridized carbons (Fsp3) is 0.320. The molecule has 0 saturated heterocycles. The minimum atomic E-state index is -4.73. The first kappa shape index (κ1) is 24.3. The van der Waals surface area contributed by atoms with E-state index in [1.165, 1.54) is 12.2 Å². The highest BCUT2D eigenvalue weighted by atomic mass is 19.4. The molecule has 10 heteroatoms. The molecule has 0 radical (unpaired) electrons. The van der Waals surface area contributed by atoms with Crippen molar-refractivity contribution in [2.24, 2.45) is 5.92 Å². The van der Waals surface area contributed by atoms with Gasteiger partial charge in [0.15, 0.2) is 0 Å². The lowest BCUT2D eigenvalue weighted by Crippen LogP contribution is -2.51. The molecular weight excluding hydrogens is 465 g/mol. The number of carbonyl (C=O) groups excluding carboxylic acids is 2. The normalized spacial score (nSPS) is 19.5. The molecule has 2 aromatic rings. The molecule has 0 fully saturated rings. The molecule has 35 heavy (non-hydrogen) atoms. The van der Waals surface area contributed by atoms with Gasteiger partial charge in [0.1, 0.15) is 12.6 Å². The predicted molar refractivity (Wildman–Crippen MR) is 119 cm³/mol. The van der Waals surface area contributed by atoms with Crippen LogP contribution < -0.4 is 10.6 Å². The average molecular weight is 488 g/mol. The van der Waals surface area contributed by atoms with Crippen LogP contribution in [0.15, 0.2) is 60.7 Å². The second-order valence-corrected chi connectivity index (χ2v) is 8.52. The summed E-state index contributed by atoms with van der Waals surface area (Å²) in [6.07, 6.45) is -4.68. The largest absolute Gasteiger partial charge is 0.481 e. The molecule has 0 heterocycles. The Labute approximate surface area is 199 Å². The van der Waals surface area contributed by atoms with Gasteiger partial charge >= 0.3 is 18.2 Å². The molecule has 0 spiro atoms. The summed E-state index contributed by atoms with van der Waals surface area (Å²) in [6, 6.07) is 12.5. The molecule has 3 unspecified atom stereocenters. The summed E-state index contributed by atoms with van der Waals surface area (Å²) in [7, 11) is 0. The SMILES string of the molecule is O=C(NC(CC(F)(F)F)C(=O)NC1C=CC(C(=O)O)C1)OCC1c2ccccc2-c2ccccc21. The second kappa shape index (κ2) is 9.81. The number of carboxylic acids is 1. The maximum atomic E-state index is 13.1. The Morgan fingerprint density at radius 3 is 2.14 bits per heavy atom. The smallest absolute Gasteiger partial charge is 0.407 e. The number of halogens is 3. The van der Waals surface area contributed by atoms with Crippen molar-refractivity contribution in [3.05, 3.63) is 71.8 Å². The van der Waals surface area contributed by atoms with E-state index < -0.39 is 48.6 Å². The average Bonchev–Trinajstić information content (AvgIpc) is 3.39. The number of amides is 2. The van der Waals surface area contributed by atoms with E-state index >= 15 is 0 Å². The summed E-state index contributed by atoms with van der Waals surface area (Å²) < 4.78 is 44.6. The van der Waals surface area contributed by atoms with Crippen LogP contribution >= 0.6 is 0 Å². The molecule has 2 aromatic carbocycles. The predicted octanol–water partition coefficient (Wildman–Crippen LogP) is 3.99. The topological polar surface area (TPSA) is 105 Å². The number of ether oxygens (including phenoxy) is 1. The lowest BCUT2D eigenvalue weighted by atomic mass is 9.98. The Kier molecular flexibility index (Phi) is 6.81. The van der Waals surface area contributed by atoms with Crippen LogP contribution in [-0.2, 0) is 14.3 Å². The molecular formula is C25H23F3N2O5. The summed E-state index contributed by atoms with van der Waals surface area (Å²) in [5.41, 5.74) is 3.87. The van der Waals surface area contributed by atoms with Crippen LogP contribution in [0.4, 0.5) is 18.0 Å². The minimum absolute atomic E-state index is 0.0186. The maximum Gasteiger partial charge on any atom is 0.407 e. The summed E-state index contributed by atoms with van der Waals surface area (Å²) in [6.45, 7) is -0.119. The van der Waals surface area contributed by atoms with Crippen LogP contribution in [0.25, 0.3) is 11.1 Å². The van der Waals surface area contributed by atoms with Crippen molar-refractivity contribution in [2.45, 2.75) is 37.0 Å². The molecule has 2 amide bonds. The number of rotatable bonds is 7. The Morgan fingerprint density at radius 1 is 1.00 bits per heavy atom. The van der Waals surface area contributed by atoms with E-state index in [0.717, 1.165) is 22.3 Å². The zero-order chi connectivity index (χ0) is 25.2. The van der Waals surface area contributed by atoms with Gasteiger partial charge in [0, 0.05) is 12.0 Å². The number of alkyl carbamates (subject to hydrolysis) is 1. The van der Waals surface area contributed by atoms with Crippen molar-refractivity contribution in [2.75, 3.05) is 6.61 Å². The third-order valence-electron chi connectivity index (χ3n) is 6.12. The van der Waals surface area contributed by atoms with E-state index in [0.29, 0.717) is 0 Å². The van der Waals surface area contributed by atoms with E-state index in [1.807, 2.05) is 53.8 Å². The zero-order valence-corrected chi connectivity index (χ0v) is 18.4. The third kappa shape index (κ3) is 5.64. The van der Waals surface area contributed by atoms with Crippen LogP contribution in [0, 0.1) is 5.92 Å². The van der Waals surface area contributed by atoms with E-state index in [2.05, 4.69) is 5.32 Å². The first-order valence-electron chi connectivity index (χ1n) is 11.0. The fourth-order valence-electron chi connectivity index (χ4n) is 4.50. The van der Waals surface area contributed by atoms with Gasteiger partial charge in [-0.05, 0) is 28.7 Å². The first-order valence-corrected chi connectivity index (χ1v) is 11.0. The van der Waals surface area contributed by atoms with Gasteiger partial charge in [0.05, 0.1) is 12.3 Å². The van der Waals surface area contributed by atoms with Crippen molar-refractivity contribution in [1.29, 1.82) is 0 Å². The van der Waals surface area contributed by atoms with Gasteiger partial charge in [-0.2, -0.15) is 13.2 Å². The molecule has 7 nitrogen and oxygen atoms in total. The Bertz CT molecular complexity index is 1120. The Balaban J connectivity index is 1.40. The van der Waals surface area contributed by atoms with Crippen molar-refractivity contribution in [3.8, 4) is 11.1 Å². The van der Waals surface area contributed by atoms with Crippen molar-refractivity contribution in [1.82, 2.24) is 10.6 Å². The molecule has 3 atom stereocenters. The molecule has 0 bridgehead atoms. The van der Waals surface area contributed by atoms with Crippen molar-refractivity contribution in [3.63, 3.8) is 0 Å². The Hall–Kier alpha value is -3.82. The monoisotopic (exact) mass is 488 g/mol. The summed E-state index contributed by atoms with van der Waals surface area (Å²) in [4.78, 5) is 36.0. The summed E-state index contributed by atoms with van der Waals surface area (Å²) in [5, 5.41) is 13.4. The molecule has 2 aliphatic carbocycles. The summed E-state index contributed by atoms with van der Waals surface area (Å²) in [5.74, 6) is -3.30. The molecule has 0 aromatic heterocycles. The number of fused-ring (bicyclic) bond motifs is 3. The van der Waals surface area contributed by atoms with Gasteiger partial charge in [-0.1, -0.05) is 60.7 Å². The highest BCUT2D eigenvalue weighted by Crippen LogP contribution is 2.44. The van der Waals surface area contributed by atoms with Crippen LogP contribution in [-0.4, -0.2) is 47.9 Å². The van der Waals surface area contributed by atoms with Gasteiger partial charge in [0.25, 0.3) is 0 Å². The van der Waals surface area contributed by atoms with Crippen molar-refractivity contribution < 1.29 is 37.4 Å². The number of benzene rings is 2. The number of carboxylic acid groups (broad SMARTS) is 1. The number of alkyl halides is 3. The zero-order valence-electron chi connectivity index (χ0n) is 18.4. The van der Waals surface area contributed by atoms with Gasteiger partial charge < -0.3 is 20.5 Å². The number of aliphatic carboxylic acids is 1. The van der Waals surface area contributed by atoms with E-state index in [1.54, 1.807) is 0 Å². The van der Waals surface area contributed by atoms with Gasteiger partial charge in [-0.15, -0.1) is 0 Å². The lowest BCUT2D eigenvalue weighted by molar-refractivity contribution is -0.149. The standard InChI is InChI=1S/C25H23F3N2O5/c26-25(27,28)12-21(22(31)29-15-10-9-14(11-15)23(32)33)30-24(34)35-13-20-18-7-3-1-5-16(18)17-6-2-4-8-19(17)20/h1-10,14-15,20-21H,11-13H2,(H,29,31)(H,30,34)(H,32,33). The van der Waals surface area contributed by atoms with Crippen LogP contribution in [0.2, 0.25) is 0 Å². The first-order chi connectivity index (χ1) is 16.6. The van der Waals surface area contributed by atoms with E-state index in [9.17, 15) is 27.6 Å². The third-order valence-corrected chi connectivity index (χ3v) is 6.12. The maximum absolute atomic E-state index is 13.1. The van der Waals surface area contributed by atoms with Gasteiger partial charge in [-0.25, -0.2) is 4.79 Å². The number of carbonyl (C=O) groups is 3. The van der Waals surface area contributed by atoms with Gasteiger partial charge in [0.2, 0.25) is 5.91 Å². The summed E-state index contributed by atoms with van der Waals surface area (Å²) >= 11 is 0. The highest BCUT2D eigenvalue weighted by molar-refractivity contribution is 5.86. The quantitative estimate of drug-likeness (QED) is 0.512. The van der Waals surface area contributed by atoms with Crippen LogP contribution in [0.5, 0.6) is 0 Å². The highest BCUT2D eigenvalue weighted by Gasteiger charge is 2.38. The molecule has 2 aliphatic rings. The van der Waals surface area contributed by atoms with E-state index in [4.69, 9.17) is 9.84 Å². The minimum Gasteiger partial charge on any atom is -0.481 e. The molecule has 184 valence electrons. The Morgan fingerprint density at radius 2 is 1.60 bits per heavy atom. The van der Waals surface area contributed by atoms with Crippen molar-refractivity contribution >= 4 is 18.0 Å². The fourth-order valence-corrected chi connectivity index (χ4v) is 4.50. The number of hydrogen-bond acceptors (Lipinski definition) is 4. The van der Waals surface area contributed by atoms with Crippen LogP contribution in [0.3, 0.4) is 0 Å². The lowest BCUT2D eigenvalue weighted by Gasteiger charge is -2.22. The second-order valence-electron chi connectivity index (χ2n) is 8.52. The molecule has 4 rings (SSSR count). The van der Waals surface area contributed by atoms with Gasteiger partial charge in [-0.3, -0.25) is 9.59 Å². The molecule has 0 aliphatic heterocycles.